The number of rotatable bonds is 5. The van der Waals surface area contributed by atoms with E-state index in [0.29, 0.717) is 25.6 Å². The number of aryl methyl sites for hydroxylation is 3. The molecule has 2 amide bonds. The monoisotopic (exact) mass is 482 g/mol. The third-order valence-electron chi connectivity index (χ3n) is 5.66. The number of likely N-dealkylation sites (N-methyl/N-ethyl adjacent to an activating group) is 1. The molecule has 0 aliphatic carbocycles. The Kier molecular flexibility index (Phi) is 7.21. The fourth-order valence-electron chi connectivity index (χ4n) is 4.18. The Balaban J connectivity index is 1.70. The summed E-state index contributed by atoms with van der Waals surface area (Å²) in [6.07, 6.45) is -2.71. The van der Waals surface area contributed by atoms with Crippen LogP contribution in [-0.4, -0.2) is 47.9 Å². The van der Waals surface area contributed by atoms with Crippen molar-refractivity contribution >= 4 is 34.9 Å². The number of nitrogens with one attached hydrogen (secondary N) is 1. The largest absolute Gasteiger partial charge is 0.417 e. The first-order valence-electron chi connectivity index (χ1n) is 10.5. The molecule has 1 aliphatic heterocycles. The molecule has 0 spiro atoms. The highest BCUT2D eigenvalue weighted by atomic mass is 35.5. The van der Waals surface area contributed by atoms with Crippen LogP contribution in [0.1, 0.15) is 35.1 Å². The first-order chi connectivity index (χ1) is 15.4. The highest BCUT2D eigenvalue weighted by Gasteiger charge is 2.37. The predicted octanol–water partition coefficient (Wildman–Crippen LogP) is 4.74. The van der Waals surface area contributed by atoms with Crippen LogP contribution < -0.4 is 10.2 Å². The van der Waals surface area contributed by atoms with Gasteiger partial charge in [0.25, 0.3) is 0 Å². The van der Waals surface area contributed by atoms with Crippen LogP contribution in [0.15, 0.2) is 24.4 Å². The molecule has 3 rings (SSSR count). The molecule has 6 nitrogen and oxygen atoms in total. The predicted molar refractivity (Wildman–Crippen MR) is 122 cm³/mol. The molecule has 0 saturated carbocycles. The van der Waals surface area contributed by atoms with Gasteiger partial charge in [-0.3, -0.25) is 9.59 Å². The van der Waals surface area contributed by atoms with E-state index >= 15 is 0 Å². The number of carbonyl (C=O) groups excluding carboxylic acids is 2. The van der Waals surface area contributed by atoms with Gasteiger partial charge < -0.3 is 15.1 Å². The van der Waals surface area contributed by atoms with Crippen LogP contribution >= 0.6 is 11.6 Å². The molecule has 0 radical (unpaired) electrons. The van der Waals surface area contributed by atoms with E-state index in [1.165, 1.54) is 11.9 Å². The molecule has 1 aromatic carbocycles. The number of amides is 2. The molecular formula is C23H26ClF3N4O2. The highest BCUT2D eigenvalue weighted by Crippen LogP contribution is 2.36. The van der Waals surface area contributed by atoms with Crippen molar-refractivity contribution in [3.63, 3.8) is 0 Å². The Labute approximate surface area is 195 Å². The number of pyridine rings is 1. The van der Waals surface area contributed by atoms with Gasteiger partial charge in [-0.05, 0) is 50.8 Å². The number of hydrogen-bond acceptors (Lipinski definition) is 4. The van der Waals surface area contributed by atoms with Gasteiger partial charge in [0.15, 0.2) is 0 Å². The van der Waals surface area contributed by atoms with Crippen LogP contribution in [0.3, 0.4) is 0 Å². The third kappa shape index (κ3) is 5.58. The minimum atomic E-state index is -4.56. The third-order valence-corrected chi connectivity index (χ3v) is 5.94. The molecule has 2 heterocycles. The number of alkyl halides is 3. The molecule has 178 valence electrons. The summed E-state index contributed by atoms with van der Waals surface area (Å²) in [6, 6.07) is 4.09. The molecule has 10 heteroatoms. The molecule has 1 aliphatic rings. The van der Waals surface area contributed by atoms with Gasteiger partial charge in [0.2, 0.25) is 11.8 Å². The maximum Gasteiger partial charge on any atom is 0.417 e. The molecule has 33 heavy (non-hydrogen) atoms. The maximum absolute atomic E-state index is 13.1. The average Bonchev–Trinajstić information content (AvgIpc) is 3.18. The van der Waals surface area contributed by atoms with Gasteiger partial charge in [0, 0.05) is 25.5 Å². The van der Waals surface area contributed by atoms with Crippen molar-refractivity contribution in [2.45, 2.75) is 45.8 Å². The smallest absolute Gasteiger partial charge is 0.343 e. The lowest BCUT2D eigenvalue weighted by Crippen LogP contribution is -2.46. The number of halogens is 4. The van der Waals surface area contributed by atoms with E-state index in [9.17, 15) is 22.8 Å². The summed E-state index contributed by atoms with van der Waals surface area (Å²) in [6.45, 7) is 6.05. The van der Waals surface area contributed by atoms with Crippen molar-refractivity contribution in [2.75, 3.05) is 30.4 Å². The quantitative estimate of drug-likeness (QED) is 0.668. The van der Waals surface area contributed by atoms with E-state index in [1.54, 1.807) is 4.90 Å². The van der Waals surface area contributed by atoms with Gasteiger partial charge in [-0.1, -0.05) is 29.3 Å². The van der Waals surface area contributed by atoms with Gasteiger partial charge in [-0.15, -0.1) is 0 Å². The minimum Gasteiger partial charge on any atom is -0.343 e. The minimum absolute atomic E-state index is 0.129. The Morgan fingerprint density at radius 1 is 1.21 bits per heavy atom. The van der Waals surface area contributed by atoms with Gasteiger partial charge in [0.1, 0.15) is 11.9 Å². The second-order valence-corrected chi connectivity index (χ2v) is 8.80. The van der Waals surface area contributed by atoms with Crippen molar-refractivity contribution in [1.82, 2.24) is 9.88 Å². The SMILES string of the molecule is Cc1cc(C)c(NC(=O)CN(C)C(=O)[C@H]2CCCN2c2ncc(C(F)(F)F)cc2Cl)c(C)c1. The lowest BCUT2D eigenvalue weighted by molar-refractivity contribution is -0.137. The Morgan fingerprint density at radius 3 is 2.42 bits per heavy atom. The van der Waals surface area contributed by atoms with Gasteiger partial charge in [-0.25, -0.2) is 4.98 Å². The van der Waals surface area contributed by atoms with Crippen LogP contribution in [0.5, 0.6) is 0 Å². The van der Waals surface area contributed by atoms with E-state index in [-0.39, 0.29) is 29.2 Å². The van der Waals surface area contributed by atoms with Crippen molar-refractivity contribution in [2.24, 2.45) is 0 Å². The van der Waals surface area contributed by atoms with Crippen LogP contribution in [0.2, 0.25) is 5.02 Å². The lowest BCUT2D eigenvalue weighted by Gasteiger charge is -2.29. The number of anilines is 2. The summed E-state index contributed by atoms with van der Waals surface area (Å²) in [5, 5.41) is 2.70. The summed E-state index contributed by atoms with van der Waals surface area (Å²) >= 11 is 6.09. The van der Waals surface area contributed by atoms with Crippen molar-refractivity contribution in [3.05, 3.63) is 51.7 Å². The summed E-state index contributed by atoms with van der Waals surface area (Å²) in [5.41, 5.74) is 2.72. The molecule has 2 aromatic rings. The fourth-order valence-corrected chi connectivity index (χ4v) is 4.45. The number of hydrogen-bond donors (Lipinski definition) is 1. The van der Waals surface area contributed by atoms with Crippen LogP contribution in [0.25, 0.3) is 0 Å². The molecule has 1 saturated heterocycles. The second kappa shape index (κ2) is 9.59. The zero-order valence-corrected chi connectivity index (χ0v) is 19.6. The summed E-state index contributed by atoms with van der Waals surface area (Å²) in [7, 11) is 1.52. The molecule has 0 unspecified atom stereocenters. The van der Waals surface area contributed by atoms with Crippen molar-refractivity contribution in [3.8, 4) is 0 Å². The van der Waals surface area contributed by atoms with Crippen LogP contribution in [0, 0.1) is 20.8 Å². The number of aromatic nitrogens is 1. The Morgan fingerprint density at radius 2 is 1.85 bits per heavy atom. The molecule has 1 N–H and O–H groups in total. The highest BCUT2D eigenvalue weighted by molar-refractivity contribution is 6.33. The molecule has 1 atom stereocenters. The first kappa shape index (κ1) is 24.8. The Bertz CT molecular complexity index is 1050. The van der Waals surface area contributed by atoms with Gasteiger partial charge in [-0.2, -0.15) is 13.2 Å². The number of nitrogens with zero attached hydrogens (tertiary/aromatic N) is 3. The fraction of sp³-hybridized carbons (Fsp3) is 0.435. The molecular weight excluding hydrogens is 457 g/mol. The zero-order chi connectivity index (χ0) is 24.5. The second-order valence-electron chi connectivity index (χ2n) is 8.39. The van der Waals surface area contributed by atoms with Gasteiger partial charge >= 0.3 is 6.18 Å². The maximum atomic E-state index is 13.1. The van der Waals surface area contributed by atoms with Gasteiger partial charge in [0.05, 0.1) is 17.1 Å². The molecule has 0 bridgehead atoms. The lowest BCUT2D eigenvalue weighted by atomic mass is 10.1. The van der Waals surface area contributed by atoms with E-state index in [1.807, 2.05) is 32.9 Å². The summed E-state index contributed by atoms with van der Waals surface area (Å²) in [5.74, 6) is -0.529. The van der Waals surface area contributed by atoms with Crippen LogP contribution in [-0.2, 0) is 15.8 Å². The Hall–Kier alpha value is -2.81. The zero-order valence-electron chi connectivity index (χ0n) is 18.9. The van der Waals surface area contributed by atoms with E-state index in [0.717, 1.165) is 28.4 Å². The van der Waals surface area contributed by atoms with E-state index in [4.69, 9.17) is 11.6 Å². The van der Waals surface area contributed by atoms with Crippen molar-refractivity contribution in [1.29, 1.82) is 0 Å². The standard InChI is InChI=1S/C23H26ClF3N4O2/c1-13-8-14(2)20(15(3)9-13)29-19(32)12-30(4)22(33)18-6-5-7-31(18)21-17(24)10-16(11-28-21)23(25,26)27/h8-11,18H,5-7,12H2,1-4H3,(H,29,32)/t18-/m1/s1. The van der Waals surface area contributed by atoms with Crippen LogP contribution in [0.4, 0.5) is 24.7 Å². The van der Waals surface area contributed by atoms with E-state index in [2.05, 4.69) is 10.3 Å². The summed E-state index contributed by atoms with van der Waals surface area (Å²) < 4.78 is 38.8. The average molecular weight is 483 g/mol. The first-order valence-corrected chi connectivity index (χ1v) is 10.9. The number of benzene rings is 1. The topological polar surface area (TPSA) is 65.5 Å². The summed E-state index contributed by atoms with van der Waals surface area (Å²) in [4.78, 5) is 32.5. The molecule has 1 fully saturated rings. The normalized spacial score (nSPS) is 16.1. The van der Waals surface area contributed by atoms with Crippen molar-refractivity contribution < 1.29 is 22.8 Å². The van der Waals surface area contributed by atoms with E-state index < -0.39 is 17.8 Å². The number of carbonyl (C=O) groups is 2. The molecule has 1 aromatic heterocycles.